The van der Waals surface area contributed by atoms with Crippen molar-refractivity contribution in [2.75, 3.05) is 5.32 Å². The Morgan fingerprint density at radius 3 is 2.62 bits per heavy atom. The predicted molar refractivity (Wildman–Crippen MR) is 72.0 cm³/mol. The van der Waals surface area contributed by atoms with Crippen molar-refractivity contribution in [3.05, 3.63) is 68.1 Å². The van der Waals surface area contributed by atoms with Crippen LogP contribution in [-0.2, 0) is 13.6 Å². The minimum Gasteiger partial charge on any atom is -0.380 e. The van der Waals surface area contributed by atoms with Gasteiger partial charge < -0.3 is 9.88 Å². The molecule has 0 spiro atoms. The number of pyridine rings is 1. The molecule has 6 nitrogen and oxygen atoms in total. The molecular weight excluding hydrogens is 284 g/mol. The summed E-state index contributed by atoms with van der Waals surface area (Å²) in [6.07, 6.45) is 1.50. The maximum atomic E-state index is 13.6. The lowest BCUT2D eigenvalue weighted by molar-refractivity contribution is -0.387. The van der Waals surface area contributed by atoms with E-state index < -0.39 is 22.2 Å². The molecule has 0 aliphatic heterocycles. The van der Waals surface area contributed by atoms with E-state index in [1.54, 1.807) is 7.05 Å². The lowest BCUT2D eigenvalue weighted by atomic mass is 10.1. The molecule has 1 aromatic carbocycles. The molecule has 0 atom stereocenters. The fourth-order valence-electron chi connectivity index (χ4n) is 1.75. The Morgan fingerprint density at radius 1 is 1.29 bits per heavy atom. The molecular formula is C13H11F2N3O3. The molecule has 2 rings (SSSR count). The number of hydrogen-bond acceptors (Lipinski definition) is 4. The molecule has 0 bridgehead atoms. The smallest absolute Gasteiger partial charge is 0.305 e. The number of aryl methyl sites for hydroxylation is 1. The molecule has 1 heterocycles. The molecule has 0 amide bonds. The van der Waals surface area contributed by atoms with Gasteiger partial charge in [-0.3, -0.25) is 14.9 Å². The Balaban J connectivity index is 2.23. The summed E-state index contributed by atoms with van der Waals surface area (Å²) in [5.74, 6) is -2.10. The number of nitrogens with zero attached hydrogens (tertiary/aromatic N) is 2. The zero-order valence-electron chi connectivity index (χ0n) is 11.0. The summed E-state index contributed by atoms with van der Waals surface area (Å²) < 4.78 is 28.1. The number of rotatable bonds is 4. The second-order valence-corrected chi connectivity index (χ2v) is 4.37. The van der Waals surface area contributed by atoms with Gasteiger partial charge in [-0.2, -0.15) is 4.39 Å². The number of aromatic nitrogens is 1. The quantitative estimate of drug-likeness (QED) is 0.693. The van der Waals surface area contributed by atoms with Gasteiger partial charge in [0.2, 0.25) is 11.4 Å². The van der Waals surface area contributed by atoms with Crippen LogP contribution in [-0.4, -0.2) is 9.49 Å². The largest absolute Gasteiger partial charge is 0.380 e. The highest BCUT2D eigenvalue weighted by molar-refractivity contribution is 5.43. The summed E-state index contributed by atoms with van der Waals surface area (Å²) in [4.78, 5) is 20.9. The first kappa shape index (κ1) is 14.6. The summed E-state index contributed by atoms with van der Waals surface area (Å²) in [5, 5.41) is 13.4. The molecule has 110 valence electrons. The first-order chi connectivity index (χ1) is 9.88. The van der Waals surface area contributed by atoms with Gasteiger partial charge in [-0.05, 0) is 6.07 Å². The third-order valence-electron chi connectivity index (χ3n) is 2.88. The Bertz CT molecular complexity index is 759. The lowest BCUT2D eigenvalue weighted by Crippen LogP contribution is -2.15. The SMILES string of the molecule is Cn1cc(NCc2cc([N+](=O)[O-])c(F)cc2F)ccc1=O. The summed E-state index contributed by atoms with van der Waals surface area (Å²) in [6.45, 7) is -0.0782. The molecule has 0 unspecified atom stereocenters. The van der Waals surface area contributed by atoms with Crippen LogP contribution >= 0.6 is 0 Å². The van der Waals surface area contributed by atoms with Crippen LogP contribution in [0.4, 0.5) is 20.2 Å². The molecule has 1 N–H and O–H groups in total. The van der Waals surface area contributed by atoms with E-state index in [1.807, 2.05) is 0 Å². The van der Waals surface area contributed by atoms with E-state index in [0.29, 0.717) is 11.8 Å². The molecule has 0 saturated heterocycles. The average molecular weight is 295 g/mol. The van der Waals surface area contributed by atoms with E-state index in [2.05, 4.69) is 5.32 Å². The van der Waals surface area contributed by atoms with Gasteiger partial charge in [0.1, 0.15) is 5.82 Å². The second-order valence-electron chi connectivity index (χ2n) is 4.37. The van der Waals surface area contributed by atoms with Crippen molar-refractivity contribution in [3.8, 4) is 0 Å². The Hall–Kier alpha value is -2.77. The van der Waals surface area contributed by atoms with Gasteiger partial charge in [0.05, 0.1) is 10.6 Å². The van der Waals surface area contributed by atoms with Crippen LogP contribution in [0.25, 0.3) is 0 Å². The molecule has 0 fully saturated rings. The van der Waals surface area contributed by atoms with E-state index in [-0.39, 0.29) is 17.7 Å². The van der Waals surface area contributed by atoms with E-state index in [4.69, 9.17) is 0 Å². The van der Waals surface area contributed by atoms with E-state index in [0.717, 1.165) is 6.07 Å². The maximum absolute atomic E-state index is 13.6. The van der Waals surface area contributed by atoms with Crippen molar-refractivity contribution >= 4 is 11.4 Å². The standard InChI is InChI=1S/C13H11F2N3O3/c1-17-7-9(2-3-13(17)19)16-6-8-4-12(18(20)21)11(15)5-10(8)14/h2-5,7,16H,6H2,1H3. The summed E-state index contributed by atoms with van der Waals surface area (Å²) >= 11 is 0. The Labute approximate surface area is 117 Å². The van der Waals surface area contributed by atoms with Crippen LogP contribution in [0.2, 0.25) is 0 Å². The molecule has 0 aliphatic carbocycles. The molecule has 0 radical (unpaired) electrons. The molecule has 0 saturated carbocycles. The van der Waals surface area contributed by atoms with Crippen molar-refractivity contribution in [3.63, 3.8) is 0 Å². The highest BCUT2D eigenvalue weighted by atomic mass is 19.1. The monoisotopic (exact) mass is 295 g/mol. The third-order valence-corrected chi connectivity index (χ3v) is 2.88. The zero-order valence-corrected chi connectivity index (χ0v) is 11.0. The first-order valence-electron chi connectivity index (χ1n) is 5.91. The van der Waals surface area contributed by atoms with Crippen LogP contribution in [0.3, 0.4) is 0 Å². The topological polar surface area (TPSA) is 77.2 Å². The Morgan fingerprint density at radius 2 is 2.00 bits per heavy atom. The minimum atomic E-state index is -1.22. The minimum absolute atomic E-state index is 0.0445. The highest BCUT2D eigenvalue weighted by Crippen LogP contribution is 2.22. The van der Waals surface area contributed by atoms with E-state index >= 15 is 0 Å². The summed E-state index contributed by atoms with van der Waals surface area (Å²) in [6, 6.07) is 4.15. The number of nitro benzene ring substituents is 1. The van der Waals surface area contributed by atoms with Crippen LogP contribution < -0.4 is 10.9 Å². The van der Waals surface area contributed by atoms with E-state index in [1.165, 1.54) is 22.9 Å². The van der Waals surface area contributed by atoms with Crippen LogP contribution in [0.15, 0.2) is 35.3 Å². The van der Waals surface area contributed by atoms with Gasteiger partial charge in [0.15, 0.2) is 0 Å². The fourth-order valence-corrected chi connectivity index (χ4v) is 1.75. The number of halogens is 2. The lowest BCUT2D eigenvalue weighted by Gasteiger charge is -2.08. The van der Waals surface area contributed by atoms with Crippen LogP contribution in [0.1, 0.15) is 5.56 Å². The summed E-state index contributed by atoms with van der Waals surface area (Å²) in [7, 11) is 1.55. The number of nitrogens with one attached hydrogen (secondary N) is 1. The fraction of sp³-hybridized carbons (Fsp3) is 0.154. The van der Waals surface area contributed by atoms with Gasteiger partial charge in [-0.25, -0.2) is 4.39 Å². The van der Waals surface area contributed by atoms with Gasteiger partial charge >= 0.3 is 5.69 Å². The highest BCUT2D eigenvalue weighted by Gasteiger charge is 2.18. The van der Waals surface area contributed by atoms with Crippen molar-refractivity contribution in [2.45, 2.75) is 6.54 Å². The van der Waals surface area contributed by atoms with Crippen molar-refractivity contribution in [2.24, 2.45) is 7.05 Å². The zero-order chi connectivity index (χ0) is 15.6. The number of hydrogen-bond donors (Lipinski definition) is 1. The first-order valence-corrected chi connectivity index (χ1v) is 5.91. The number of anilines is 1. The second kappa shape index (κ2) is 5.70. The molecule has 2 aromatic rings. The van der Waals surface area contributed by atoms with Crippen molar-refractivity contribution < 1.29 is 13.7 Å². The molecule has 21 heavy (non-hydrogen) atoms. The van der Waals surface area contributed by atoms with Crippen molar-refractivity contribution in [1.82, 2.24) is 4.57 Å². The summed E-state index contributed by atoms with van der Waals surface area (Å²) in [5.41, 5.74) is -0.502. The van der Waals surface area contributed by atoms with E-state index in [9.17, 15) is 23.7 Å². The van der Waals surface area contributed by atoms with Gasteiger partial charge in [-0.1, -0.05) is 0 Å². The van der Waals surface area contributed by atoms with Crippen molar-refractivity contribution in [1.29, 1.82) is 0 Å². The maximum Gasteiger partial charge on any atom is 0.305 e. The molecule has 0 aliphatic rings. The molecule has 1 aromatic heterocycles. The van der Waals surface area contributed by atoms with Gasteiger partial charge in [0.25, 0.3) is 0 Å². The van der Waals surface area contributed by atoms with Crippen LogP contribution in [0.5, 0.6) is 0 Å². The average Bonchev–Trinajstić information content (AvgIpc) is 2.41. The van der Waals surface area contributed by atoms with Gasteiger partial charge in [0, 0.05) is 43.6 Å². The normalized spacial score (nSPS) is 10.4. The van der Waals surface area contributed by atoms with Gasteiger partial charge in [-0.15, -0.1) is 0 Å². The number of benzene rings is 1. The third kappa shape index (κ3) is 3.22. The van der Waals surface area contributed by atoms with Crippen LogP contribution in [0, 0.1) is 21.7 Å². The predicted octanol–water partition coefficient (Wildman–Crippen LogP) is 2.18. The Kier molecular flexibility index (Phi) is 3.97. The number of nitro groups is 1. The molecule has 8 heteroatoms.